The van der Waals surface area contributed by atoms with Crippen LogP contribution in [0.2, 0.25) is 0 Å². The number of nitrogens with zero attached hydrogens (tertiary/aromatic N) is 7. The van der Waals surface area contributed by atoms with Crippen LogP contribution in [0.3, 0.4) is 0 Å². The quantitative estimate of drug-likeness (QED) is 0.630. The molecule has 8 nitrogen and oxygen atoms in total. The van der Waals surface area contributed by atoms with Gasteiger partial charge in [0.15, 0.2) is 5.82 Å². The predicted molar refractivity (Wildman–Crippen MR) is 113 cm³/mol. The summed E-state index contributed by atoms with van der Waals surface area (Å²) >= 11 is 0. The molecule has 30 heavy (non-hydrogen) atoms. The molecule has 4 heterocycles. The van der Waals surface area contributed by atoms with E-state index in [1.807, 2.05) is 24.2 Å². The van der Waals surface area contributed by atoms with Crippen LogP contribution in [0.25, 0.3) is 11.5 Å². The molecule has 3 aromatic heterocycles. The second kappa shape index (κ2) is 7.41. The fraction of sp³-hybridized carbons (Fsp3) is 0.545. The molecule has 0 unspecified atom stereocenters. The highest BCUT2D eigenvalue weighted by Crippen LogP contribution is 2.35. The summed E-state index contributed by atoms with van der Waals surface area (Å²) in [6.07, 6.45) is 8.86. The Morgan fingerprint density at radius 2 is 2.03 bits per heavy atom. The molecule has 1 aliphatic carbocycles. The van der Waals surface area contributed by atoms with Gasteiger partial charge in [-0.15, -0.1) is 0 Å². The topological polar surface area (TPSA) is 73.8 Å². The molecule has 1 amide bonds. The fourth-order valence-electron chi connectivity index (χ4n) is 4.37. The van der Waals surface area contributed by atoms with Crippen LogP contribution in [0.4, 0.5) is 0 Å². The van der Waals surface area contributed by atoms with Crippen LogP contribution in [-0.4, -0.2) is 46.5 Å². The van der Waals surface area contributed by atoms with Crippen LogP contribution >= 0.6 is 0 Å². The van der Waals surface area contributed by atoms with Crippen molar-refractivity contribution in [2.45, 2.75) is 66.2 Å². The van der Waals surface area contributed by atoms with Gasteiger partial charge in [0.2, 0.25) is 0 Å². The first-order chi connectivity index (χ1) is 14.6. The Labute approximate surface area is 176 Å². The minimum Gasteiger partial charge on any atom is -0.334 e. The summed E-state index contributed by atoms with van der Waals surface area (Å²) in [7, 11) is 0. The van der Waals surface area contributed by atoms with E-state index in [-0.39, 0.29) is 5.91 Å². The van der Waals surface area contributed by atoms with E-state index in [0.29, 0.717) is 18.7 Å². The van der Waals surface area contributed by atoms with Gasteiger partial charge in [0.05, 0.1) is 18.3 Å². The summed E-state index contributed by atoms with van der Waals surface area (Å²) in [5.74, 6) is 1.73. The average Bonchev–Trinajstić information content (AvgIpc) is 3.17. The van der Waals surface area contributed by atoms with Gasteiger partial charge in [-0.2, -0.15) is 10.2 Å². The zero-order valence-electron chi connectivity index (χ0n) is 18.0. The Balaban J connectivity index is 1.49. The maximum atomic E-state index is 13.1. The van der Waals surface area contributed by atoms with Gasteiger partial charge in [-0.3, -0.25) is 14.2 Å². The van der Waals surface area contributed by atoms with Crippen molar-refractivity contribution < 1.29 is 4.79 Å². The van der Waals surface area contributed by atoms with Crippen LogP contribution < -0.4 is 0 Å². The lowest BCUT2D eigenvalue weighted by atomic mass is 10.0. The number of amides is 1. The lowest BCUT2D eigenvalue weighted by Gasteiger charge is -2.27. The van der Waals surface area contributed by atoms with Gasteiger partial charge in [-0.1, -0.05) is 0 Å². The molecule has 0 bridgehead atoms. The molecule has 0 spiro atoms. The van der Waals surface area contributed by atoms with Gasteiger partial charge < -0.3 is 9.47 Å². The molecule has 0 saturated heterocycles. The Morgan fingerprint density at radius 1 is 1.20 bits per heavy atom. The minimum absolute atomic E-state index is 0.0352. The Hall–Kier alpha value is -2.90. The third-order valence-electron chi connectivity index (χ3n) is 6.33. The predicted octanol–water partition coefficient (Wildman–Crippen LogP) is 2.90. The molecular weight excluding hydrogens is 378 g/mol. The normalized spacial score (nSPS) is 16.2. The van der Waals surface area contributed by atoms with E-state index in [2.05, 4.69) is 28.2 Å². The van der Waals surface area contributed by atoms with E-state index in [0.717, 1.165) is 49.1 Å². The standard InChI is InChI=1S/C22H29N7O/c1-4-27-13-17(11-24-27)22(30)26-9-8-19-18(14-26)20(25-29(19)5-2)21-23-10-15(3)28(21)12-16-6-7-16/h10-11,13,16H,4-9,12,14H2,1-3H3. The van der Waals surface area contributed by atoms with Crippen molar-refractivity contribution in [1.29, 1.82) is 0 Å². The number of imidazole rings is 1. The van der Waals surface area contributed by atoms with Crippen LogP contribution in [0.1, 0.15) is 54.0 Å². The van der Waals surface area contributed by atoms with Crippen molar-refractivity contribution in [3.8, 4) is 11.5 Å². The van der Waals surface area contributed by atoms with Crippen molar-refractivity contribution in [1.82, 2.24) is 34.0 Å². The number of hydrogen-bond donors (Lipinski definition) is 0. The Bertz CT molecular complexity index is 1090. The van der Waals surface area contributed by atoms with E-state index in [1.165, 1.54) is 24.2 Å². The lowest BCUT2D eigenvalue weighted by molar-refractivity contribution is 0.0733. The first-order valence-electron chi connectivity index (χ1n) is 11.0. The van der Waals surface area contributed by atoms with Crippen molar-refractivity contribution in [2.24, 2.45) is 5.92 Å². The lowest BCUT2D eigenvalue weighted by Crippen LogP contribution is -2.36. The first-order valence-corrected chi connectivity index (χ1v) is 11.0. The van der Waals surface area contributed by atoms with Crippen molar-refractivity contribution in [2.75, 3.05) is 6.54 Å². The highest BCUT2D eigenvalue weighted by atomic mass is 16.2. The molecule has 158 valence electrons. The second-order valence-corrected chi connectivity index (χ2v) is 8.43. The van der Waals surface area contributed by atoms with Crippen LogP contribution in [0.5, 0.6) is 0 Å². The molecular formula is C22H29N7O. The summed E-state index contributed by atoms with van der Waals surface area (Å²) in [4.78, 5) is 19.8. The SMILES string of the molecule is CCn1cc(C(=O)N2CCc3c(c(-c4ncc(C)n4CC4CC4)nn3CC)C2)cn1. The third-order valence-corrected chi connectivity index (χ3v) is 6.33. The smallest absolute Gasteiger partial charge is 0.257 e. The fourth-order valence-corrected chi connectivity index (χ4v) is 4.37. The van der Waals surface area contributed by atoms with Crippen LogP contribution in [-0.2, 0) is 32.6 Å². The van der Waals surface area contributed by atoms with E-state index in [9.17, 15) is 4.79 Å². The second-order valence-electron chi connectivity index (χ2n) is 8.43. The third kappa shape index (κ3) is 3.24. The van der Waals surface area contributed by atoms with Crippen LogP contribution in [0.15, 0.2) is 18.6 Å². The van der Waals surface area contributed by atoms with E-state index in [4.69, 9.17) is 10.1 Å². The Morgan fingerprint density at radius 3 is 2.73 bits per heavy atom. The van der Waals surface area contributed by atoms with Gasteiger partial charge in [-0.05, 0) is 39.5 Å². The molecule has 1 saturated carbocycles. The van der Waals surface area contributed by atoms with Crippen LogP contribution in [0, 0.1) is 12.8 Å². The molecule has 0 atom stereocenters. The summed E-state index contributed by atoms with van der Waals surface area (Å²) in [5.41, 5.74) is 5.13. The molecule has 3 aromatic rings. The first kappa shape index (κ1) is 19.1. The van der Waals surface area contributed by atoms with Gasteiger partial charge in [-0.25, -0.2) is 4.98 Å². The van der Waals surface area contributed by atoms with Gasteiger partial charge in [0, 0.05) is 61.9 Å². The van der Waals surface area contributed by atoms with E-state index < -0.39 is 0 Å². The molecule has 0 radical (unpaired) electrons. The van der Waals surface area contributed by atoms with Gasteiger partial charge in [0.25, 0.3) is 5.91 Å². The number of fused-ring (bicyclic) bond motifs is 1. The molecule has 0 aromatic carbocycles. The van der Waals surface area contributed by atoms with Crippen molar-refractivity contribution >= 4 is 5.91 Å². The largest absolute Gasteiger partial charge is 0.334 e. The number of hydrogen-bond acceptors (Lipinski definition) is 4. The summed E-state index contributed by atoms with van der Waals surface area (Å²) in [5, 5.41) is 9.21. The highest BCUT2D eigenvalue weighted by molar-refractivity contribution is 5.94. The van der Waals surface area contributed by atoms with Gasteiger partial charge in [0.1, 0.15) is 5.69 Å². The number of carbonyl (C=O) groups is 1. The average molecular weight is 408 g/mol. The molecule has 1 fully saturated rings. The monoisotopic (exact) mass is 407 g/mol. The van der Waals surface area contributed by atoms with Crippen molar-refractivity contribution in [3.63, 3.8) is 0 Å². The zero-order chi connectivity index (χ0) is 20.8. The van der Waals surface area contributed by atoms with Gasteiger partial charge >= 0.3 is 0 Å². The highest BCUT2D eigenvalue weighted by Gasteiger charge is 2.31. The number of aryl methyl sites for hydroxylation is 3. The summed E-state index contributed by atoms with van der Waals surface area (Å²) < 4.78 is 6.19. The van der Waals surface area contributed by atoms with E-state index >= 15 is 0 Å². The molecule has 5 rings (SSSR count). The minimum atomic E-state index is 0.0352. The Kier molecular flexibility index (Phi) is 4.72. The molecule has 8 heteroatoms. The zero-order valence-corrected chi connectivity index (χ0v) is 18.0. The number of rotatable bonds is 6. The van der Waals surface area contributed by atoms with Crippen molar-refractivity contribution in [3.05, 3.63) is 41.1 Å². The summed E-state index contributed by atoms with van der Waals surface area (Å²) in [6, 6.07) is 0. The molecule has 2 aliphatic rings. The molecule has 1 aliphatic heterocycles. The number of carbonyl (C=O) groups excluding carboxylic acids is 1. The molecule has 0 N–H and O–H groups in total. The maximum Gasteiger partial charge on any atom is 0.257 e. The summed E-state index contributed by atoms with van der Waals surface area (Å²) in [6.45, 7) is 10.1. The number of aromatic nitrogens is 6. The van der Waals surface area contributed by atoms with E-state index in [1.54, 1.807) is 10.9 Å². The maximum absolute atomic E-state index is 13.1.